The highest BCUT2D eigenvalue weighted by atomic mass is 16.3. The van der Waals surface area contributed by atoms with E-state index in [1.54, 1.807) is 6.07 Å². The minimum absolute atomic E-state index is 0.0457. The molecule has 0 aromatic heterocycles. The number of benzene rings is 1. The number of rotatable bonds is 5. The molecule has 1 fully saturated rings. The Morgan fingerprint density at radius 3 is 2.88 bits per heavy atom. The van der Waals surface area contributed by atoms with Gasteiger partial charge in [0, 0.05) is 12.1 Å². The fourth-order valence-corrected chi connectivity index (χ4v) is 1.79. The molecule has 1 saturated carbocycles. The topological polar surface area (TPSA) is 75.4 Å². The van der Waals surface area contributed by atoms with Crippen LogP contribution in [0.25, 0.3) is 0 Å². The molecule has 0 unspecified atom stereocenters. The van der Waals surface area contributed by atoms with Crippen LogP contribution in [-0.2, 0) is 0 Å². The van der Waals surface area contributed by atoms with Crippen LogP contribution < -0.4 is 11.1 Å². The first kappa shape index (κ1) is 11.8. The Bertz CT molecular complexity index is 414. The molecule has 4 nitrogen and oxygen atoms in total. The van der Waals surface area contributed by atoms with Gasteiger partial charge >= 0.3 is 0 Å². The molecule has 4 heteroatoms. The van der Waals surface area contributed by atoms with Crippen molar-refractivity contribution in [3.8, 4) is 5.75 Å². The molecular weight excluding hydrogens is 216 g/mol. The third-order valence-corrected chi connectivity index (χ3v) is 3.06. The van der Waals surface area contributed by atoms with Crippen LogP contribution >= 0.6 is 0 Å². The second kappa shape index (κ2) is 5.08. The van der Waals surface area contributed by atoms with Crippen LogP contribution in [0.1, 0.15) is 36.0 Å². The Labute approximate surface area is 101 Å². The van der Waals surface area contributed by atoms with Gasteiger partial charge in [-0.3, -0.25) is 4.79 Å². The van der Waals surface area contributed by atoms with Crippen molar-refractivity contribution in [2.24, 2.45) is 5.92 Å². The van der Waals surface area contributed by atoms with Gasteiger partial charge in [0.25, 0.3) is 5.91 Å². The predicted octanol–water partition coefficient (Wildman–Crippen LogP) is 1.89. The van der Waals surface area contributed by atoms with E-state index in [2.05, 4.69) is 5.32 Å². The lowest BCUT2D eigenvalue weighted by Gasteiger charge is -2.06. The van der Waals surface area contributed by atoms with E-state index in [4.69, 9.17) is 5.73 Å². The molecular formula is C13H18N2O2. The summed E-state index contributed by atoms with van der Waals surface area (Å²) in [5, 5.41) is 12.2. The highest BCUT2D eigenvalue weighted by Crippen LogP contribution is 2.33. The quantitative estimate of drug-likeness (QED) is 0.414. The van der Waals surface area contributed by atoms with E-state index in [0.29, 0.717) is 12.1 Å². The van der Waals surface area contributed by atoms with Crippen LogP contribution in [0.4, 0.5) is 5.69 Å². The van der Waals surface area contributed by atoms with E-state index >= 15 is 0 Å². The Morgan fingerprint density at radius 1 is 1.47 bits per heavy atom. The average Bonchev–Trinajstić information content (AvgIpc) is 3.12. The molecule has 0 atom stereocenters. The summed E-state index contributed by atoms with van der Waals surface area (Å²) in [6.45, 7) is 0.695. The molecule has 0 radical (unpaired) electrons. The summed E-state index contributed by atoms with van der Waals surface area (Å²) < 4.78 is 0. The standard InChI is InChI=1S/C13H18N2O2/c14-11-6-5-10(8-12(11)16)13(17)15-7-1-2-9-3-4-9/h5-6,8-9,16H,1-4,7,14H2,(H,15,17). The van der Waals surface area contributed by atoms with Crippen molar-refractivity contribution in [3.05, 3.63) is 23.8 Å². The third kappa shape index (κ3) is 3.37. The number of amides is 1. The maximum absolute atomic E-state index is 11.7. The highest BCUT2D eigenvalue weighted by molar-refractivity contribution is 5.95. The normalized spacial score (nSPS) is 14.6. The first-order valence-corrected chi connectivity index (χ1v) is 6.03. The van der Waals surface area contributed by atoms with E-state index in [0.717, 1.165) is 12.3 Å². The zero-order chi connectivity index (χ0) is 12.3. The largest absolute Gasteiger partial charge is 0.506 e. The Balaban J connectivity index is 1.79. The lowest BCUT2D eigenvalue weighted by molar-refractivity contribution is 0.0952. The predicted molar refractivity (Wildman–Crippen MR) is 66.8 cm³/mol. The third-order valence-electron chi connectivity index (χ3n) is 3.06. The molecule has 0 heterocycles. The smallest absolute Gasteiger partial charge is 0.251 e. The summed E-state index contributed by atoms with van der Waals surface area (Å²) in [4.78, 5) is 11.7. The Morgan fingerprint density at radius 2 is 2.24 bits per heavy atom. The number of nitrogens with two attached hydrogens (primary N) is 1. The van der Waals surface area contributed by atoms with Crippen molar-refractivity contribution >= 4 is 11.6 Å². The molecule has 0 aliphatic heterocycles. The van der Waals surface area contributed by atoms with E-state index in [1.807, 2.05) is 0 Å². The molecule has 1 aromatic rings. The van der Waals surface area contributed by atoms with E-state index in [9.17, 15) is 9.90 Å². The van der Waals surface area contributed by atoms with Crippen molar-refractivity contribution in [1.29, 1.82) is 0 Å². The lowest BCUT2D eigenvalue weighted by Crippen LogP contribution is -2.24. The van der Waals surface area contributed by atoms with Gasteiger partial charge in [-0.2, -0.15) is 0 Å². The number of carbonyl (C=O) groups is 1. The second-order valence-corrected chi connectivity index (χ2v) is 4.62. The van der Waals surface area contributed by atoms with Crippen molar-refractivity contribution in [1.82, 2.24) is 5.32 Å². The summed E-state index contributed by atoms with van der Waals surface area (Å²) in [7, 11) is 0. The van der Waals surface area contributed by atoms with Gasteiger partial charge in [0.05, 0.1) is 5.69 Å². The van der Waals surface area contributed by atoms with Gasteiger partial charge in [-0.1, -0.05) is 12.8 Å². The monoisotopic (exact) mass is 234 g/mol. The molecule has 0 bridgehead atoms. The van der Waals surface area contributed by atoms with Crippen molar-refractivity contribution in [3.63, 3.8) is 0 Å². The van der Waals surface area contributed by atoms with Crippen LogP contribution in [0, 0.1) is 5.92 Å². The number of hydrogen-bond acceptors (Lipinski definition) is 3. The molecule has 1 aliphatic carbocycles. The van der Waals surface area contributed by atoms with Crippen LogP contribution in [0.15, 0.2) is 18.2 Å². The van der Waals surface area contributed by atoms with Crippen molar-refractivity contribution in [2.45, 2.75) is 25.7 Å². The van der Waals surface area contributed by atoms with Gasteiger partial charge in [-0.05, 0) is 37.0 Å². The summed E-state index contributed by atoms with van der Waals surface area (Å²) in [6.07, 6.45) is 4.92. The molecule has 4 N–H and O–H groups in total. The molecule has 2 rings (SSSR count). The maximum Gasteiger partial charge on any atom is 0.251 e. The van der Waals surface area contributed by atoms with Crippen LogP contribution in [0.3, 0.4) is 0 Å². The maximum atomic E-state index is 11.7. The van der Waals surface area contributed by atoms with E-state index < -0.39 is 0 Å². The molecule has 17 heavy (non-hydrogen) atoms. The number of anilines is 1. The first-order chi connectivity index (χ1) is 8.16. The van der Waals surface area contributed by atoms with Crippen molar-refractivity contribution in [2.75, 3.05) is 12.3 Å². The number of aromatic hydroxyl groups is 1. The first-order valence-electron chi connectivity index (χ1n) is 6.03. The minimum atomic E-state index is -0.156. The molecule has 1 amide bonds. The molecule has 92 valence electrons. The van der Waals surface area contributed by atoms with Crippen LogP contribution in [-0.4, -0.2) is 17.6 Å². The lowest BCUT2D eigenvalue weighted by atomic mass is 10.1. The SMILES string of the molecule is Nc1ccc(C(=O)NCCCC2CC2)cc1O. The van der Waals surface area contributed by atoms with Crippen LogP contribution in [0.2, 0.25) is 0 Å². The number of nitrogen functional groups attached to an aromatic ring is 1. The number of phenolic OH excluding ortho intramolecular Hbond substituents is 1. The van der Waals surface area contributed by atoms with E-state index in [1.165, 1.54) is 31.4 Å². The Hall–Kier alpha value is -1.71. The molecule has 1 aliphatic rings. The fraction of sp³-hybridized carbons (Fsp3) is 0.462. The van der Waals surface area contributed by atoms with Gasteiger partial charge < -0.3 is 16.2 Å². The number of phenols is 1. The second-order valence-electron chi connectivity index (χ2n) is 4.62. The van der Waals surface area contributed by atoms with Gasteiger partial charge in [0.15, 0.2) is 0 Å². The number of carbonyl (C=O) groups excluding carboxylic acids is 1. The summed E-state index contributed by atoms with van der Waals surface area (Å²) in [6, 6.07) is 4.55. The minimum Gasteiger partial charge on any atom is -0.506 e. The number of nitrogens with one attached hydrogen (secondary N) is 1. The van der Waals surface area contributed by atoms with E-state index in [-0.39, 0.29) is 17.3 Å². The van der Waals surface area contributed by atoms with Crippen LogP contribution in [0.5, 0.6) is 5.75 Å². The van der Waals surface area contributed by atoms with Crippen molar-refractivity contribution < 1.29 is 9.90 Å². The zero-order valence-electron chi connectivity index (χ0n) is 9.78. The zero-order valence-corrected chi connectivity index (χ0v) is 9.78. The molecule has 0 spiro atoms. The van der Waals surface area contributed by atoms with Gasteiger partial charge in [-0.15, -0.1) is 0 Å². The average molecular weight is 234 g/mol. The van der Waals surface area contributed by atoms with Gasteiger partial charge in [0.2, 0.25) is 0 Å². The van der Waals surface area contributed by atoms with Gasteiger partial charge in [0.1, 0.15) is 5.75 Å². The molecule has 0 saturated heterocycles. The highest BCUT2D eigenvalue weighted by Gasteiger charge is 2.20. The summed E-state index contributed by atoms with van der Waals surface area (Å²) >= 11 is 0. The van der Waals surface area contributed by atoms with Gasteiger partial charge in [-0.25, -0.2) is 0 Å². The Kier molecular flexibility index (Phi) is 3.52. The number of hydrogen-bond donors (Lipinski definition) is 3. The molecule has 1 aromatic carbocycles. The summed E-state index contributed by atoms with van der Waals surface area (Å²) in [5.74, 6) is 0.694. The summed E-state index contributed by atoms with van der Waals surface area (Å²) in [5.41, 5.74) is 6.20. The fourth-order valence-electron chi connectivity index (χ4n) is 1.79.